The maximum absolute atomic E-state index is 13.4. The van der Waals surface area contributed by atoms with E-state index < -0.39 is 17.6 Å². The third kappa shape index (κ3) is 3.17. The van der Waals surface area contributed by atoms with Crippen LogP contribution in [0.1, 0.15) is 16.1 Å². The molecule has 2 N–H and O–H groups in total. The van der Waals surface area contributed by atoms with E-state index in [-0.39, 0.29) is 28.4 Å². The van der Waals surface area contributed by atoms with Crippen molar-refractivity contribution in [2.75, 3.05) is 7.11 Å². The molecule has 0 aliphatic carbocycles. The van der Waals surface area contributed by atoms with Gasteiger partial charge in [0.15, 0.2) is 0 Å². The third-order valence-corrected chi connectivity index (χ3v) is 3.11. The van der Waals surface area contributed by atoms with Crippen LogP contribution in [0.25, 0.3) is 11.3 Å². The van der Waals surface area contributed by atoms with Crippen LogP contribution in [0.3, 0.4) is 0 Å². The van der Waals surface area contributed by atoms with Crippen molar-refractivity contribution in [3.63, 3.8) is 0 Å². The number of carbonyl (C=O) groups excluding carboxylic acids is 1. The fourth-order valence-electron chi connectivity index (χ4n) is 1.85. The van der Waals surface area contributed by atoms with Crippen molar-refractivity contribution in [2.45, 2.75) is 6.54 Å². The first kappa shape index (κ1) is 15.3. The zero-order chi connectivity index (χ0) is 15.6. The van der Waals surface area contributed by atoms with E-state index in [0.29, 0.717) is 5.69 Å². The molecule has 0 aliphatic rings. The lowest BCUT2D eigenvalue weighted by molar-refractivity contribution is 0.0601. The molecule has 1 heterocycles. The molecule has 1 aromatic heterocycles. The second-order valence-electron chi connectivity index (χ2n) is 4.17. The molecule has 0 atom stereocenters. The van der Waals surface area contributed by atoms with Gasteiger partial charge in [-0.1, -0.05) is 11.6 Å². The molecular weight excluding hydrogens is 302 g/mol. The Morgan fingerprint density at radius 3 is 2.43 bits per heavy atom. The second kappa shape index (κ2) is 6.15. The Morgan fingerprint density at radius 1 is 1.29 bits per heavy atom. The third-order valence-electron chi connectivity index (χ3n) is 2.78. The average molecular weight is 313 g/mol. The molecule has 7 heteroatoms. The van der Waals surface area contributed by atoms with E-state index >= 15 is 0 Å². The van der Waals surface area contributed by atoms with Gasteiger partial charge in [0.05, 0.1) is 29.1 Å². The number of hydrogen-bond acceptors (Lipinski definition) is 4. The van der Waals surface area contributed by atoms with E-state index in [1.807, 2.05) is 0 Å². The smallest absolute Gasteiger partial charge is 0.340 e. The van der Waals surface area contributed by atoms with E-state index in [9.17, 15) is 13.6 Å². The van der Waals surface area contributed by atoms with Gasteiger partial charge in [-0.2, -0.15) is 0 Å². The fourth-order valence-corrected chi connectivity index (χ4v) is 2.07. The molecule has 2 aromatic rings. The van der Waals surface area contributed by atoms with Crippen LogP contribution in [0.4, 0.5) is 8.78 Å². The number of aromatic nitrogens is 1. The number of nitrogens with two attached hydrogens (primary N) is 1. The summed E-state index contributed by atoms with van der Waals surface area (Å²) in [7, 11) is 1.18. The van der Waals surface area contributed by atoms with E-state index in [4.69, 9.17) is 17.3 Å². The minimum Gasteiger partial charge on any atom is -0.465 e. The number of methoxy groups -OCH3 is 1. The summed E-state index contributed by atoms with van der Waals surface area (Å²) in [5, 5.41) is 0.179. The van der Waals surface area contributed by atoms with Crippen molar-refractivity contribution in [2.24, 2.45) is 5.73 Å². The number of pyridine rings is 1. The highest BCUT2D eigenvalue weighted by Gasteiger charge is 2.19. The van der Waals surface area contributed by atoms with Crippen LogP contribution < -0.4 is 5.73 Å². The molecule has 0 amide bonds. The van der Waals surface area contributed by atoms with Crippen molar-refractivity contribution in [3.8, 4) is 11.3 Å². The molecule has 0 spiro atoms. The molecule has 2 rings (SSSR count). The molecule has 0 radical (unpaired) electrons. The first-order valence-corrected chi connectivity index (χ1v) is 6.28. The Bertz CT molecular complexity index is 687. The zero-order valence-electron chi connectivity index (χ0n) is 11.0. The van der Waals surface area contributed by atoms with Crippen molar-refractivity contribution in [1.29, 1.82) is 0 Å². The standard InChI is InChI=1S/C14H11ClF2N2O2/c1-21-14(20)10-5-11(15)12(6-18)19-13(10)7-2-8(16)4-9(17)3-7/h2-5H,6,18H2,1H3. The largest absolute Gasteiger partial charge is 0.465 e. The lowest BCUT2D eigenvalue weighted by atomic mass is 10.0. The van der Waals surface area contributed by atoms with Gasteiger partial charge in [0.2, 0.25) is 0 Å². The number of hydrogen-bond donors (Lipinski definition) is 1. The normalized spacial score (nSPS) is 10.5. The molecule has 0 bridgehead atoms. The Morgan fingerprint density at radius 2 is 1.90 bits per heavy atom. The van der Waals surface area contributed by atoms with E-state index in [0.717, 1.165) is 18.2 Å². The number of halogens is 3. The van der Waals surface area contributed by atoms with Crippen molar-refractivity contribution in [3.05, 3.63) is 52.2 Å². The van der Waals surface area contributed by atoms with Gasteiger partial charge in [-0.25, -0.2) is 18.6 Å². The number of carbonyl (C=O) groups is 1. The highest BCUT2D eigenvalue weighted by Crippen LogP contribution is 2.28. The van der Waals surface area contributed by atoms with Crippen LogP contribution in [0, 0.1) is 11.6 Å². The minimum atomic E-state index is -0.785. The summed E-state index contributed by atoms with van der Waals surface area (Å²) in [6.07, 6.45) is 0. The van der Waals surface area contributed by atoms with Crippen LogP contribution in [0.2, 0.25) is 5.02 Å². The quantitative estimate of drug-likeness (QED) is 0.885. The van der Waals surface area contributed by atoms with Gasteiger partial charge in [-0.3, -0.25) is 0 Å². The van der Waals surface area contributed by atoms with Gasteiger partial charge in [-0.05, 0) is 18.2 Å². The van der Waals surface area contributed by atoms with Gasteiger partial charge < -0.3 is 10.5 Å². The van der Waals surface area contributed by atoms with Crippen molar-refractivity contribution >= 4 is 17.6 Å². The first-order valence-electron chi connectivity index (χ1n) is 5.90. The summed E-state index contributed by atoms with van der Waals surface area (Å²) >= 11 is 5.95. The lowest BCUT2D eigenvalue weighted by Gasteiger charge is -2.11. The van der Waals surface area contributed by atoms with Crippen LogP contribution in [-0.2, 0) is 11.3 Å². The summed E-state index contributed by atoms with van der Waals surface area (Å²) in [4.78, 5) is 15.9. The average Bonchev–Trinajstić information content (AvgIpc) is 2.45. The van der Waals surface area contributed by atoms with Gasteiger partial charge in [-0.15, -0.1) is 0 Å². The molecule has 110 valence electrons. The maximum Gasteiger partial charge on any atom is 0.340 e. The molecule has 4 nitrogen and oxygen atoms in total. The summed E-state index contributed by atoms with van der Waals surface area (Å²) in [6, 6.07) is 4.17. The molecule has 0 saturated heterocycles. The SMILES string of the molecule is COC(=O)c1cc(Cl)c(CN)nc1-c1cc(F)cc(F)c1. The Kier molecular flexibility index (Phi) is 4.50. The fraction of sp³-hybridized carbons (Fsp3) is 0.143. The molecule has 0 fully saturated rings. The lowest BCUT2D eigenvalue weighted by Crippen LogP contribution is -2.09. The van der Waals surface area contributed by atoms with Crippen LogP contribution in [0.5, 0.6) is 0 Å². The molecule has 0 saturated carbocycles. The summed E-state index contributed by atoms with van der Waals surface area (Å²) in [5.41, 5.74) is 5.98. The highest BCUT2D eigenvalue weighted by atomic mass is 35.5. The summed E-state index contributed by atoms with van der Waals surface area (Å²) < 4.78 is 31.3. The monoisotopic (exact) mass is 312 g/mol. The van der Waals surface area contributed by atoms with Gasteiger partial charge in [0.25, 0.3) is 0 Å². The van der Waals surface area contributed by atoms with Gasteiger partial charge >= 0.3 is 5.97 Å². The van der Waals surface area contributed by atoms with Gasteiger partial charge in [0.1, 0.15) is 11.6 Å². The molecular formula is C14H11ClF2N2O2. The number of nitrogens with zero attached hydrogens (tertiary/aromatic N) is 1. The summed E-state index contributed by atoms with van der Waals surface area (Å²) in [6.45, 7) is 0.0189. The highest BCUT2D eigenvalue weighted by molar-refractivity contribution is 6.31. The Hall–Kier alpha value is -2.05. The predicted molar refractivity (Wildman–Crippen MR) is 73.8 cm³/mol. The predicted octanol–water partition coefficient (Wildman–Crippen LogP) is 2.93. The number of ether oxygens (including phenoxy) is 1. The second-order valence-corrected chi connectivity index (χ2v) is 4.57. The zero-order valence-corrected chi connectivity index (χ0v) is 11.7. The van der Waals surface area contributed by atoms with Crippen LogP contribution >= 0.6 is 11.6 Å². The van der Waals surface area contributed by atoms with E-state index in [1.165, 1.54) is 13.2 Å². The molecule has 1 aromatic carbocycles. The van der Waals surface area contributed by atoms with Crippen LogP contribution in [0.15, 0.2) is 24.3 Å². The maximum atomic E-state index is 13.4. The van der Waals surface area contributed by atoms with Crippen LogP contribution in [-0.4, -0.2) is 18.1 Å². The minimum absolute atomic E-state index is 0.00435. The van der Waals surface area contributed by atoms with E-state index in [1.54, 1.807) is 0 Å². The Labute approximate surface area is 124 Å². The topological polar surface area (TPSA) is 65.2 Å². The summed E-state index contributed by atoms with van der Waals surface area (Å²) in [5.74, 6) is -2.29. The van der Waals surface area contributed by atoms with Gasteiger partial charge in [0, 0.05) is 18.2 Å². The Balaban J connectivity index is 2.72. The first-order chi connectivity index (χ1) is 9.96. The van der Waals surface area contributed by atoms with Crippen molar-refractivity contribution < 1.29 is 18.3 Å². The molecule has 0 unspecified atom stereocenters. The number of esters is 1. The van der Waals surface area contributed by atoms with Crippen molar-refractivity contribution in [1.82, 2.24) is 4.98 Å². The number of rotatable bonds is 3. The molecule has 0 aliphatic heterocycles. The number of benzene rings is 1. The van der Waals surface area contributed by atoms with E-state index in [2.05, 4.69) is 9.72 Å². The molecule has 21 heavy (non-hydrogen) atoms.